The van der Waals surface area contributed by atoms with Gasteiger partial charge in [-0.25, -0.2) is 9.59 Å². The summed E-state index contributed by atoms with van der Waals surface area (Å²) < 4.78 is 5.37. The molecule has 2 N–H and O–H groups in total. The number of halogens is 1. The lowest BCUT2D eigenvalue weighted by Crippen LogP contribution is -2.44. The van der Waals surface area contributed by atoms with E-state index < -0.39 is 11.6 Å². The number of rotatable bonds is 3. The number of anilines is 1. The first-order valence-corrected chi connectivity index (χ1v) is 8.31. The van der Waals surface area contributed by atoms with Crippen LogP contribution in [0.25, 0.3) is 0 Å². The van der Waals surface area contributed by atoms with Crippen LogP contribution in [0, 0.1) is 0 Å². The molecular weight excluding hydrogens is 332 g/mol. The van der Waals surface area contributed by atoms with E-state index in [2.05, 4.69) is 5.32 Å². The topological polar surface area (TPSA) is 78.9 Å². The number of carbonyl (C=O) groups excluding carboxylic acids is 1. The third-order valence-corrected chi connectivity index (χ3v) is 4.04. The third-order valence-electron chi connectivity index (χ3n) is 3.71. The van der Waals surface area contributed by atoms with Gasteiger partial charge in [0, 0.05) is 24.8 Å². The van der Waals surface area contributed by atoms with Crippen LogP contribution < -0.4 is 5.32 Å². The van der Waals surface area contributed by atoms with E-state index in [-0.39, 0.29) is 22.7 Å². The van der Waals surface area contributed by atoms with Crippen molar-refractivity contribution in [3.8, 4) is 0 Å². The zero-order chi connectivity index (χ0) is 17.9. The fourth-order valence-electron chi connectivity index (χ4n) is 2.55. The molecule has 1 fully saturated rings. The fourth-order valence-corrected chi connectivity index (χ4v) is 2.75. The summed E-state index contributed by atoms with van der Waals surface area (Å²) in [5.41, 5.74) is 0.295. The molecule has 1 aromatic carbocycles. The average Bonchev–Trinajstić information content (AvgIpc) is 2.48. The van der Waals surface area contributed by atoms with Crippen molar-refractivity contribution in [1.29, 1.82) is 0 Å². The maximum absolute atomic E-state index is 12.0. The number of benzene rings is 1. The Morgan fingerprint density at radius 1 is 1.29 bits per heavy atom. The monoisotopic (exact) mass is 354 g/mol. The summed E-state index contributed by atoms with van der Waals surface area (Å²) in [7, 11) is 0. The van der Waals surface area contributed by atoms with Gasteiger partial charge in [-0.05, 0) is 51.8 Å². The van der Waals surface area contributed by atoms with Crippen molar-refractivity contribution in [3.05, 3.63) is 28.8 Å². The Labute approximate surface area is 146 Å². The number of carbonyl (C=O) groups is 2. The minimum absolute atomic E-state index is 0.0767. The molecular formula is C17H23ClN2O4. The maximum atomic E-state index is 12.0. The highest BCUT2D eigenvalue weighted by molar-refractivity contribution is 6.33. The number of amides is 1. The van der Waals surface area contributed by atoms with Crippen molar-refractivity contribution < 1.29 is 19.4 Å². The Bertz CT molecular complexity index is 620. The summed E-state index contributed by atoms with van der Waals surface area (Å²) in [6, 6.07) is 5.04. The number of ether oxygens (including phenoxy) is 1. The second kappa shape index (κ2) is 7.30. The normalized spacial score (nSPS) is 15.9. The standard InChI is InChI=1S/C17H23ClN2O4/c1-17(2,3)24-16(23)20-8-6-11(7-9-20)19-12-4-5-14(18)13(10-12)15(21)22/h4-5,10-11,19H,6-9H2,1-3H3,(H,21,22). The molecule has 1 aromatic rings. The summed E-state index contributed by atoms with van der Waals surface area (Å²) in [6.45, 7) is 6.75. The quantitative estimate of drug-likeness (QED) is 0.861. The molecule has 1 amide bonds. The highest BCUT2D eigenvalue weighted by atomic mass is 35.5. The Morgan fingerprint density at radius 2 is 1.92 bits per heavy atom. The molecule has 132 valence electrons. The maximum Gasteiger partial charge on any atom is 0.410 e. The SMILES string of the molecule is CC(C)(C)OC(=O)N1CCC(Nc2ccc(Cl)c(C(=O)O)c2)CC1. The van der Waals surface area contributed by atoms with Crippen LogP contribution >= 0.6 is 11.6 Å². The Balaban J connectivity index is 1.90. The van der Waals surface area contributed by atoms with E-state index in [4.69, 9.17) is 21.4 Å². The largest absolute Gasteiger partial charge is 0.478 e. The molecule has 1 heterocycles. The lowest BCUT2D eigenvalue weighted by atomic mass is 10.0. The summed E-state index contributed by atoms with van der Waals surface area (Å²) >= 11 is 5.87. The lowest BCUT2D eigenvalue weighted by Gasteiger charge is -2.34. The number of nitrogens with zero attached hydrogens (tertiary/aromatic N) is 1. The van der Waals surface area contributed by atoms with Crippen molar-refractivity contribution >= 4 is 29.4 Å². The molecule has 24 heavy (non-hydrogen) atoms. The summed E-state index contributed by atoms with van der Waals surface area (Å²) in [5.74, 6) is -1.05. The van der Waals surface area contributed by atoms with Crippen molar-refractivity contribution in [3.63, 3.8) is 0 Å². The molecule has 2 rings (SSSR count). The first kappa shape index (κ1) is 18.4. The number of hydrogen-bond acceptors (Lipinski definition) is 4. The molecule has 0 unspecified atom stereocenters. The van der Waals surface area contributed by atoms with Crippen LogP contribution in [0.2, 0.25) is 5.02 Å². The van der Waals surface area contributed by atoms with Crippen LogP contribution in [0.4, 0.5) is 10.5 Å². The molecule has 0 radical (unpaired) electrons. The van der Waals surface area contributed by atoms with Gasteiger partial charge in [-0.3, -0.25) is 0 Å². The van der Waals surface area contributed by atoms with E-state index in [9.17, 15) is 9.59 Å². The molecule has 1 saturated heterocycles. The molecule has 0 atom stereocenters. The van der Waals surface area contributed by atoms with Crippen LogP contribution in [0.5, 0.6) is 0 Å². The predicted octanol–water partition coefficient (Wildman–Crippen LogP) is 3.85. The smallest absolute Gasteiger partial charge is 0.410 e. The van der Waals surface area contributed by atoms with Gasteiger partial charge >= 0.3 is 12.1 Å². The summed E-state index contributed by atoms with van der Waals surface area (Å²) in [6.07, 6.45) is 1.25. The second-order valence-corrected chi connectivity index (χ2v) is 7.29. The van der Waals surface area contributed by atoms with E-state index in [0.717, 1.165) is 12.8 Å². The first-order chi connectivity index (χ1) is 11.2. The van der Waals surface area contributed by atoms with E-state index >= 15 is 0 Å². The van der Waals surface area contributed by atoms with Gasteiger partial charge < -0.3 is 20.1 Å². The Morgan fingerprint density at radius 3 is 2.46 bits per heavy atom. The average molecular weight is 355 g/mol. The van der Waals surface area contributed by atoms with Crippen molar-refractivity contribution in [2.24, 2.45) is 0 Å². The van der Waals surface area contributed by atoms with Crippen LogP contribution in [0.15, 0.2) is 18.2 Å². The van der Waals surface area contributed by atoms with Crippen LogP contribution in [0.3, 0.4) is 0 Å². The molecule has 0 saturated carbocycles. The Kier molecular flexibility index (Phi) is 5.59. The molecule has 1 aliphatic rings. The predicted molar refractivity (Wildman–Crippen MR) is 92.9 cm³/mol. The first-order valence-electron chi connectivity index (χ1n) is 7.93. The highest BCUT2D eigenvalue weighted by Gasteiger charge is 2.26. The van der Waals surface area contributed by atoms with E-state index in [0.29, 0.717) is 18.8 Å². The van der Waals surface area contributed by atoms with Gasteiger partial charge in [-0.1, -0.05) is 11.6 Å². The van der Waals surface area contributed by atoms with Crippen LogP contribution in [-0.4, -0.2) is 46.8 Å². The number of aromatic carboxylic acids is 1. The molecule has 1 aliphatic heterocycles. The van der Waals surface area contributed by atoms with Crippen LogP contribution in [-0.2, 0) is 4.74 Å². The van der Waals surface area contributed by atoms with Crippen molar-refractivity contribution in [2.75, 3.05) is 18.4 Å². The minimum Gasteiger partial charge on any atom is -0.478 e. The van der Waals surface area contributed by atoms with Gasteiger partial charge in [0.2, 0.25) is 0 Å². The molecule has 0 bridgehead atoms. The number of hydrogen-bond donors (Lipinski definition) is 2. The third kappa shape index (κ3) is 5.03. The van der Waals surface area contributed by atoms with Gasteiger partial charge in [0.05, 0.1) is 10.6 Å². The number of carboxylic acid groups (broad SMARTS) is 1. The van der Waals surface area contributed by atoms with E-state index in [1.807, 2.05) is 20.8 Å². The number of nitrogens with one attached hydrogen (secondary N) is 1. The summed E-state index contributed by atoms with van der Waals surface area (Å²) in [5, 5.41) is 12.6. The van der Waals surface area contributed by atoms with Gasteiger partial charge in [-0.15, -0.1) is 0 Å². The van der Waals surface area contributed by atoms with E-state index in [1.165, 1.54) is 6.07 Å². The fraction of sp³-hybridized carbons (Fsp3) is 0.529. The van der Waals surface area contributed by atoms with Gasteiger partial charge in [0.1, 0.15) is 5.60 Å². The molecule has 0 aromatic heterocycles. The zero-order valence-corrected chi connectivity index (χ0v) is 14.9. The molecule has 0 aliphatic carbocycles. The Hall–Kier alpha value is -1.95. The van der Waals surface area contributed by atoms with Crippen LogP contribution in [0.1, 0.15) is 44.0 Å². The van der Waals surface area contributed by atoms with Gasteiger partial charge in [-0.2, -0.15) is 0 Å². The lowest BCUT2D eigenvalue weighted by molar-refractivity contribution is 0.0210. The highest BCUT2D eigenvalue weighted by Crippen LogP contribution is 2.23. The minimum atomic E-state index is -1.05. The van der Waals surface area contributed by atoms with Gasteiger partial charge in [0.25, 0.3) is 0 Å². The van der Waals surface area contributed by atoms with Crippen molar-refractivity contribution in [2.45, 2.75) is 45.3 Å². The molecule has 0 spiro atoms. The molecule has 6 nitrogen and oxygen atoms in total. The number of piperidine rings is 1. The van der Waals surface area contributed by atoms with E-state index in [1.54, 1.807) is 17.0 Å². The summed E-state index contributed by atoms with van der Waals surface area (Å²) in [4.78, 5) is 24.9. The zero-order valence-electron chi connectivity index (χ0n) is 14.1. The molecule has 7 heteroatoms. The second-order valence-electron chi connectivity index (χ2n) is 6.89. The number of likely N-dealkylation sites (tertiary alicyclic amines) is 1. The van der Waals surface area contributed by atoms with Crippen molar-refractivity contribution in [1.82, 2.24) is 4.90 Å². The number of carboxylic acids is 1. The van der Waals surface area contributed by atoms with Gasteiger partial charge in [0.15, 0.2) is 0 Å².